The second kappa shape index (κ2) is 7.67. The number of amides is 1. The monoisotopic (exact) mass is 422 g/mol. The average Bonchev–Trinajstić information content (AvgIpc) is 3.01. The second-order valence-corrected chi connectivity index (χ2v) is 7.21. The molecule has 0 radical (unpaired) electrons. The van der Waals surface area contributed by atoms with Crippen molar-refractivity contribution in [3.63, 3.8) is 0 Å². The topological polar surface area (TPSA) is 70.7 Å². The van der Waals surface area contributed by atoms with Crippen LogP contribution in [0.25, 0.3) is 16.9 Å². The summed E-state index contributed by atoms with van der Waals surface area (Å²) < 4.78 is 54.8. The Morgan fingerprint density at radius 1 is 1.10 bits per heavy atom. The van der Waals surface area contributed by atoms with Crippen molar-refractivity contribution in [2.75, 3.05) is 13.1 Å². The fraction of sp³-hybridized carbons (Fsp3) is 0.350. The zero-order valence-electron chi connectivity index (χ0n) is 15.7. The highest BCUT2D eigenvalue weighted by molar-refractivity contribution is 5.93. The van der Waals surface area contributed by atoms with E-state index in [1.807, 2.05) is 0 Å². The zero-order chi connectivity index (χ0) is 21.5. The maximum Gasteiger partial charge on any atom is 0.433 e. The number of fused-ring (bicyclic) bond motifs is 1. The van der Waals surface area contributed by atoms with Gasteiger partial charge in [-0.05, 0) is 49.6 Å². The predicted octanol–water partition coefficient (Wildman–Crippen LogP) is 3.54. The largest absolute Gasteiger partial charge is 0.433 e. The van der Waals surface area contributed by atoms with E-state index < -0.39 is 29.7 Å². The summed E-state index contributed by atoms with van der Waals surface area (Å²) in [5, 5.41) is 13.6. The number of hydrogen-bond acceptors (Lipinski definition) is 4. The summed E-state index contributed by atoms with van der Waals surface area (Å²) in [6.45, 7) is 0.693. The molecule has 0 saturated carbocycles. The lowest BCUT2D eigenvalue weighted by atomic mass is 10.1. The minimum atomic E-state index is -4.74. The van der Waals surface area contributed by atoms with E-state index in [4.69, 9.17) is 0 Å². The van der Waals surface area contributed by atoms with Crippen LogP contribution in [0.15, 0.2) is 36.4 Å². The van der Waals surface area contributed by atoms with Crippen molar-refractivity contribution in [2.24, 2.45) is 0 Å². The van der Waals surface area contributed by atoms with Gasteiger partial charge in [0.05, 0.1) is 11.8 Å². The molecule has 1 fully saturated rings. The summed E-state index contributed by atoms with van der Waals surface area (Å²) in [7, 11) is 0. The Kier molecular flexibility index (Phi) is 5.19. The van der Waals surface area contributed by atoms with Crippen LogP contribution in [0.5, 0.6) is 0 Å². The molecule has 2 aromatic heterocycles. The van der Waals surface area contributed by atoms with Gasteiger partial charge >= 0.3 is 6.18 Å². The summed E-state index contributed by atoms with van der Waals surface area (Å²) in [4.78, 5) is 18.5. The summed E-state index contributed by atoms with van der Waals surface area (Å²) in [6, 6.07) is 6.97. The Balaban J connectivity index is 1.77. The Morgan fingerprint density at radius 2 is 1.83 bits per heavy atom. The van der Waals surface area contributed by atoms with E-state index in [9.17, 15) is 27.5 Å². The van der Waals surface area contributed by atoms with Crippen molar-refractivity contribution >= 4 is 11.6 Å². The smallest absolute Gasteiger partial charge is 0.393 e. The van der Waals surface area contributed by atoms with Gasteiger partial charge in [0.15, 0.2) is 17.0 Å². The van der Waals surface area contributed by atoms with Gasteiger partial charge in [-0.3, -0.25) is 4.79 Å². The SMILES string of the molecule is O=C(c1cc2nc(-c3ccc(F)cc3)cc(C(F)(F)F)n2n1)N1CCC[C@H](O)CC1. The number of carbonyl (C=O) groups excluding carboxylic acids is 1. The molecule has 1 aliphatic rings. The van der Waals surface area contributed by atoms with Gasteiger partial charge in [-0.2, -0.15) is 18.3 Å². The molecule has 1 N–H and O–H groups in total. The molecule has 3 heterocycles. The third-order valence-corrected chi connectivity index (χ3v) is 5.06. The summed E-state index contributed by atoms with van der Waals surface area (Å²) in [5.41, 5.74) is -1.08. The molecule has 0 spiro atoms. The Morgan fingerprint density at radius 3 is 2.53 bits per heavy atom. The molecule has 1 aliphatic heterocycles. The van der Waals surface area contributed by atoms with Crippen molar-refractivity contribution in [3.05, 3.63) is 53.6 Å². The van der Waals surface area contributed by atoms with Crippen LogP contribution in [0.1, 0.15) is 35.4 Å². The molecular weight excluding hydrogens is 404 g/mol. The molecule has 4 rings (SSSR count). The van der Waals surface area contributed by atoms with E-state index in [0.29, 0.717) is 42.4 Å². The molecule has 0 bridgehead atoms. The lowest BCUT2D eigenvalue weighted by Crippen LogP contribution is -2.32. The maximum atomic E-state index is 13.7. The molecule has 158 valence electrons. The van der Waals surface area contributed by atoms with Crippen molar-refractivity contribution in [2.45, 2.75) is 31.5 Å². The van der Waals surface area contributed by atoms with E-state index in [0.717, 1.165) is 18.2 Å². The highest BCUT2D eigenvalue weighted by Crippen LogP contribution is 2.32. The molecule has 10 heteroatoms. The molecule has 1 aromatic carbocycles. The fourth-order valence-electron chi connectivity index (χ4n) is 3.49. The first-order chi connectivity index (χ1) is 14.2. The van der Waals surface area contributed by atoms with Gasteiger partial charge in [0.2, 0.25) is 0 Å². The number of aliphatic hydroxyl groups is 1. The summed E-state index contributed by atoms with van der Waals surface area (Å²) in [6.07, 6.45) is -3.67. The van der Waals surface area contributed by atoms with Gasteiger partial charge in [-0.25, -0.2) is 13.9 Å². The minimum Gasteiger partial charge on any atom is -0.393 e. The normalized spacial score (nSPS) is 17.9. The van der Waals surface area contributed by atoms with Crippen LogP contribution in [0, 0.1) is 5.82 Å². The lowest BCUT2D eigenvalue weighted by Gasteiger charge is -2.18. The first-order valence-electron chi connectivity index (χ1n) is 9.43. The van der Waals surface area contributed by atoms with Gasteiger partial charge in [0, 0.05) is 24.7 Å². The van der Waals surface area contributed by atoms with Crippen molar-refractivity contribution < 1.29 is 27.5 Å². The Bertz CT molecular complexity index is 1080. The highest BCUT2D eigenvalue weighted by atomic mass is 19.4. The van der Waals surface area contributed by atoms with Gasteiger partial charge < -0.3 is 10.0 Å². The molecule has 1 amide bonds. The number of rotatable bonds is 2. The first-order valence-corrected chi connectivity index (χ1v) is 9.43. The molecule has 1 atom stereocenters. The summed E-state index contributed by atoms with van der Waals surface area (Å²) in [5.74, 6) is -1.03. The van der Waals surface area contributed by atoms with Crippen LogP contribution in [-0.2, 0) is 6.18 Å². The van der Waals surface area contributed by atoms with Crippen LogP contribution in [0.2, 0.25) is 0 Å². The van der Waals surface area contributed by atoms with Crippen molar-refractivity contribution in [3.8, 4) is 11.3 Å². The van der Waals surface area contributed by atoms with E-state index >= 15 is 0 Å². The number of likely N-dealkylation sites (tertiary alicyclic amines) is 1. The first kappa shape index (κ1) is 20.3. The zero-order valence-corrected chi connectivity index (χ0v) is 15.7. The summed E-state index contributed by atoms with van der Waals surface area (Å²) >= 11 is 0. The number of aromatic nitrogens is 3. The molecular formula is C20H18F4N4O2. The molecule has 0 aliphatic carbocycles. The van der Waals surface area contributed by atoms with Crippen LogP contribution >= 0.6 is 0 Å². The molecule has 6 nitrogen and oxygen atoms in total. The third-order valence-electron chi connectivity index (χ3n) is 5.06. The number of nitrogens with zero attached hydrogens (tertiary/aromatic N) is 4. The van der Waals surface area contributed by atoms with E-state index in [2.05, 4.69) is 10.1 Å². The average molecular weight is 422 g/mol. The van der Waals surface area contributed by atoms with E-state index in [1.165, 1.54) is 23.1 Å². The quantitative estimate of drug-likeness (QED) is 0.642. The Labute approximate surface area is 168 Å². The molecule has 3 aromatic rings. The van der Waals surface area contributed by atoms with Crippen LogP contribution in [0.3, 0.4) is 0 Å². The predicted molar refractivity (Wildman–Crippen MR) is 99.1 cm³/mol. The standard InChI is InChI=1S/C20H18F4N4O2/c21-13-5-3-12(4-6-13)15-10-17(20(22,23)24)28-18(25-15)11-16(26-28)19(30)27-8-1-2-14(29)7-9-27/h3-6,10-11,14,29H,1-2,7-9H2/t14-/m0/s1. The van der Waals surface area contributed by atoms with Crippen molar-refractivity contribution in [1.82, 2.24) is 19.5 Å². The van der Waals surface area contributed by atoms with Gasteiger partial charge in [0.1, 0.15) is 5.82 Å². The number of hydrogen-bond donors (Lipinski definition) is 1. The van der Waals surface area contributed by atoms with Crippen LogP contribution < -0.4 is 0 Å². The second-order valence-electron chi connectivity index (χ2n) is 7.21. The number of benzene rings is 1. The highest BCUT2D eigenvalue weighted by Gasteiger charge is 2.36. The van der Waals surface area contributed by atoms with Crippen LogP contribution in [0.4, 0.5) is 17.6 Å². The van der Waals surface area contributed by atoms with Gasteiger partial charge in [-0.1, -0.05) is 0 Å². The third kappa shape index (κ3) is 4.00. The van der Waals surface area contributed by atoms with E-state index in [1.54, 1.807) is 0 Å². The number of carbonyl (C=O) groups is 1. The van der Waals surface area contributed by atoms with E-state index in [-0.39, 0.29) is 17.0 Å². The molecule has 30 heavy (non-hydrogen) atoms. The van der Waals surface area contributed by atoms with Gasteiger partial charge in [0.25, 0.3) is 5.91 Å². The number of aliphatic hydroxyl groups excluding tert-OH is 1. The minimum absolute atomic E-state index is 0.00776. The lowest BCUT2D eigenvalue weighted by molar-refractivity contribution is -0.142. The van der Waals surface area contributed by atoms with Crippen LogP contribution in [-0.4, -0.2) is 49.7 Å². The molecule has 1 saturated heterocycles. The maximum absolute atomic E-state index is 13.7. The van der Waals surface area contributed by atoms with Crippen molar-refractivity contribution in [1.29, 1.82) is 0 Å². The number of halogens is 4. The number of alkyl halides is 3. The Hall–Kier alpha value is -3.01. The molecule has 0 unspecified atom stereocenters. The van der Waals surface area contributed by atoms with Gasteiger partial charge in [-0.15, -0.1) is 0 Å². The fourth-order valence-corrected chi connectivity index (χ4v) is 3.49.